The summed E-state index contributed by atoms with van der Waals surface area (Å²) in [5.74, 6) is 1.92. The van der Waals surface area contributed by atoms with E-state index in [4.69, 9.17) is 10.7 Å². The third kappa shape index (κ3) is 2.66. The Morgan fingerprint density at radius 2 is 2.15 bits per heavy atom. The Morgan fingerprint density at radius 1 is 1.35 bits per heavy atom. The Morgan fingerprint density at radius 3 is 2.88 bits per heavy atom. The van der Waals surface area contributed by atoms with Crippen LogP contribution in [0.1, 0.15) is 51.4 Å². The van der Waals surface area contributed by atoms with E-state index >= 15 is 0 Å². The largest absolute Gasteiger partial charge is 0.382 e. The summed E-state index contributed by atoms with van der Waals surface area (Å²) in [6.07, 6.45) is 7.87. The number of aromatic nitrogens is 3. The summed E-state index contributed by atoms with van der Waals surface area (Å²) in [7, 11) is 0. The van der Waals surface area contributed by atoms with Crippen LogP contribution in [0.5, 0.6) is 0 Å². The van der Waals surface area contributed by atoms with Crippen molar-refractivity contribution in [1.82, 2.24) is 24.2 Å². The Labute approximate surface area is 161 Å². The van der Waals surface area contributed by atoms with Crippen molar-refractivity contribution >= 4 is 33.3 Å². The second-order valence-corrected chi connectivity index (χ2v) is 8.02. The number of carbonyl (C=O) groups excluding carboxylic acids is 1. The van der Waals surface area contributed by atoms with Gasteiger partial charge in [0.1, 0.15) is 15.9 Å². The number of halogens is 1. The van der Waals surface area contributed by atoms with Crippen LogP contribution >= 0.6 is 15.9 Å². The first kappa shape index (κ1) is 17.6. The van der Waals surface area contributed by atoms with Gasteiger partial charge in [-0.1, -0.05) is 13.3 Å². The fourth-order valence-electron chi connectivity index (χ4n) is 4.48. The number of carbonyl (C=O) groups is 1. The van der Waals surface area contributed by atoms with Gasteiger partial charge in [0.05, 0.1) is 6.04 Å². The highest BCUT2D eigenvalue weighted by molar-refractivity contribution is 9.10. The molecule has 0 aliphatic carbocycles. The lowest BCUT2D eigenvalue weighted by Gasteiger charge is -2.49. The van der Waals surface area contributed by atoms with Crippen LogP contribution in [0.4, 0.5) is 10.6 Å². The number of fused-ring (bicyclic) bond motifs is 2. The predicted octanol–water partition coefficient (Wildman–Crippen LogP) is 3.45. The number of urea groups is 1. The van der Waals surface area contributed by atoms with Crippen LogP contribution < -0.4 is 5.73 Å². The maximum absolute atomic E-state index is 13.2. The molecule has 0 aromatic carbocycles. The predicted molar refractivity (Wildman–Crippen MR) is 104 cm³/mol. The molecule has 4 heterocycles. The zero-order valence-electron chi connectivity index (χ0n) is 15.2. The molecule has 3 unspecified atom stereocenters. The Balaban J connectivity index is 1.73. The highest BCUT2D eigenvalue weighted by Crippen LogP contribution is 2.39. The van der Waals surface area contributed by atoms with Gasteiger partial charge in [-0.05, 0) is 48.0 Å². The molecule has 3 atom stereocenters. The molecular formula is C18H25BrN6O. The molecule has 0 spiro atoms. The van der Waals surface area contributed by atoms with E-state index in [1.165, 1.54) is 6.42 Å². The lowest BCUT2D eigenvalue weighted by molar-refractivity contribution is 0.0334. The first-order valence-electron chi connectivity index (χ1n) is 9.40. The van der Waals surface area contributed by atoms with Crippen molar-refractivity contribution in [1.29, 1.82) is 0 Å². The fraction of sp³-hybridized carbons (Fsp3) is 0.611. The Hall–Kier alpha value is -1.83. The molecule has 0 saturated carbocycles. The molecule has 2 aliphatic heterocycles. The molecule has 2 aromatic rings. The average Bonchev–Trinajstić information content (AvgIpc) is 2.99. The molecule has 0 bridgehead atoms. The van der Waals surface area contributed by atoms with E-state index in [0.717, 1.165) is 37.1 Å². The van der Waals surface area contributed by atoms with Gasteiger partial charge in [0.25, 0.3) is 0 Å². The molecule has 140 valence electrons. The van der Waals surface area contributed by atoms with Gasteiger partial charge in [0, 0.05) is 31.5 Å². The summed E-state index contributed by atoms with van der Waals surface area (Å²) >= 11 is 3.51. The average molecular weight is 421 g/mol. The fourth-order valence-corrected chi connectivity index (χ4v) is 5.05. The molecule has 7 nitrogen and oxygen atoms in total. The van der Waals surface area contributed by atoms with E-state index in [1.807, 2.05) is 22.4 Å². The molecule has 2 aromatic heterocycles. The Bertz CT molecular complexity index is 836. The number of piperidine rings is 1. The highest BCUT2D eigenvalue weighted by Gasteiger charge is 2.43. The van der Waals surface area contributed by atoms with Crippen molar-refractivity contribution in [2.24, 2.45) is 5.92 Å². The number of nitrogens with two attached hydrogens (primary N) is 1. The standard InChI is InChI=1S/C18H25BrN6O/c1-3-11-5-6-12-9-13(23(4-2)18(26)25(12)10-11)17-22-15(19)14-16(20)21-7-8-24(14)17/h7-8,11-13H,3-6,9-10H2,1-2H3,(H2,20,21). The number of hydrogen-bond acceptors (Lipinski definition) is 4. The molecule has 2 amide bonds. The number of anilines is 1. The number of amides is 2. The van der Waals surface area contributed by atoms with Gasteiger partial charge in [-0.15, -0.1) is 0 Å². The van der Waals surface area contributed by atoms with Gasteiger partial charge in [-0.2, -0.15) is 0 Å². The lowest BCUT2D eigenvalue weighted by Crippen LogP contribution is -2.58. The van der Waals surface area contributed by atoms with Crippen molar-refractivity contribution in [2.45, 2.75) is 51.6 Å². The van der Waals surface area contributed by atoms with Crippen molar-refractivity contribution in [3.8, 4) is 0 Å². The third-order valence-corrected chi connectivity index (χ3v) is 6.50. The summed E-state index contributed by atoms with van der Waals surface area (Å²) in [5, 5.41) is 0. The van der Waals surface area contributed by atoms with Crippen LogP contribution in [-0.4, -0.2) is 49.3 Å². The molecular weight excluding hydrogens is 396 g/mol. The minimum atomic E-state index is -0.0486. The van der Waals surface area contributed by atoms with Gasteiger partial charge in [-0.3, -0.25) is 4.40 Å². The molecule has 4 rings (SSSR count). The van der Waals surface area contributed by atoms with Crippen LogP contribution in [0, 0.1) is 5.92 Å². The minimum absolute atomic E-state index is 0.0486. The van der Waals surface area contributed by atoms with E-state index in [1.54, 1.807) is 6.20 Å². The van der Waals surface area contributed by atoms with Gasteiger partial charge in [-0.25, -0.2) is 14.8 Å². The quantitative estimate of drug-likeness (QED) is 0.824. The monoisotopic (exact) mass is 420 g/mol. The van der Waals surface area contributed by atoms with Crippen molar-refractivity contribution < 1.29 is 4.79 Å². The summed E-state index contributed by atoms with van der Waals surface area (Å²) in [6.45, 7) is 5.79. The van der Waals surface area contributed by atoms with Gasteiger partial charge in [0.15, 0.2) is 5.82 Å². The summed E-state index contributed by atoms with van der Waals surface area (Å²) in [5.41, 5.74) is 6.81. The van der Waals surface area contributed by atoms with E-state index in [9.17, 15) is 4.79 Å². The maximum Gasteiger partial charge on any atom is 0.320 e. The molecule has 2 fully saturated rings. The second-order valence-electron chi connectivity index (χ2n) is 7.27. The number of hydrogen-bond donors (Lipinski definition) is 1. The Kier molecular flexibility index (Phi) is 4.54. The normalized spacial score (nSPS) is 26.4. The van der Waals surface area contributed by atoms with Crippen LogP contribution in [0.3, 0.4) is 0 Å². The van der Waals surface area contributed by atoms with Crippen LogP contribution in [0.25, 0.3) is 5.52 Å². The van der Waals surface area contributed by atoms with E-state index < -0.39 is 0 Å². The van der Waals surface area contributed by atoms with Crippen LogP contribution in [0.15, 0.2) is 17.0 Å². The molecule has 26 heavy (non-hydrogen) atoms. The first-order valence-corrected chi connectivity index (χ1v) is 10.2. The zero-order chi connectivity index (χ0) is 18.4. The smallest absolute Gasteiger partial charge is 0.320 e. The molecule has 2 saturated heterocycles. The SMILES string of the molecule is CCC1CCC2CC(c3nc(Br)c4c(N)nccn34)N(CC)C(=O)N2C1. The number of rotatable bonds is 3. The third-order valence-electron chi connectivity index (χ3n) is 5.95. The van der Waals surface area contributed by atoms with E-state index in [2.05, 4.69) is 32.7 Å². The minimum Gasteiger partial charge on any atom is -0.382 e. The van der Waals surface area contributed by atoms with Crippen molar-refractivity contribution in [2.75, 3.05) is 18.8 Å². The number of nitrogens with zero attached hydrogens (tertiary/aromatic N) is 5. The highest BCUT2D eigenvalue weighted by atomic mass is 79.9. The molecule has 2 N–H and O–H groups in total. The van der Waals surface area contributed by atoms with Crippen molar-refractivity contribution in [3.05, 3.63) is 22.8 Å². The summed E-state index contributed by atoms with van der Waals surface area (Å²) in [6, 6.07) is 0.387. The van der Waals surface area contributed by atoms with E-state index in [0.29, 0.717) is 28.9 Å². The summed E-state index contributed by atoms with van der Waals surface area (Å²) in [4.78, 5) is 26.1. The van der Waals surface area contributed by atoms with Gasteiger partial charge < -0.3 is 15.5 Å². The molecule has 2 aliphatic rings. The topological polar surface area (TPSA) is 79.8 Å². The van der Waals surface area contributed by atoms with Crippen molar-refractivity contribution in [3.63, 3.8) is 0 Å². The van der Waals surface area contributed by atoms with Crippen LogP contribution in [0.2, 0.25) is 0 Å². The van der Waals surface area contributed by atoms with E-state index in [-0.39, 0.29) is 12.1 Å². The number of imidazole rings is 1. The molecule has 8 heteroatoms. The van der Waals surface area contributed by atoms with Crippen LogP contribution in [-0.2, 0) is 0 Å². The number of nitrogen functional groups attached to an aromatic ring is 1. The first-order chi connectivity index (χ1) is 12.5. The zero-order valence-corrected chi connectivity index (χ0v) is 16.8. The van der Waals surface area contributed by atoms with Gasteiger partial charge >= 0.3 is 6.03 Å². The van der Waals surface area contributed by atoms with Gasteiger partial charge in [0.2, 0.25) is 0 Å². The maximum atomic E-state index is 13.2. The molecule has 0 radical (unpaired) electrons. The second kappa shape index (κ2) is 6.72. The lowest BCUT2D eigenvalue weighted by atomic mass is 9.86. The summed E-state index contributed by atoms with van der Waals surface area (Å²) < 4.78 is 2.65.